The second-order valence-corrected chi connectivity index (χ2v) is 1.80. The van der Waals surface area contributed by atoms with Crippen LogP contribution in [0.3, 0.4) is 0 Å². The van der Waals surface area contributed by atoms with Gasteiger partial charge in [-0.15, -0.1) is 0 Å². The number of piperazine rings is 1. The molecular weight excluding hydrogens is 118 g/mol. The first-order valence-corrected chi connectivity index (χ1v) is 2.79. The number of hydrogen-bond donors (Lipinski definition) is 2. The van der Waals surface area contributed by atoms with Crippen LogP contribution < -0.4 is 10.6 Å². The van der Waals surface area contributed by atoms with Crippen molar-refractivity contribution in [1.82, 2.24) is 10.6 Å². The zero-order valence-corrected chi connectivity index (χ0v) is 5.27. The van der Waals surface area contributed by atoms with E-state index in [9.17, 15) is 4.79 Å². The zero-order chi connectivity index (χ0) is 6.69. The fourth-order valence-electron chi connectivity index (χ4n) is 0.648. The van der Waals surface area contributed by atoms with Crippen molar-refractivity contribution >= 4 is 11.7 Å². The Morgan fingerprint density at radius 1 is 1.44 bits per heavy atom. The molecule has 1 amide bonds. The highest BCUT2D eigenvalue weighted by atomic mass is 16.2. The lowest BCUT2D eigenvalue weighted by Gasteiger charge is -2.15. The van der Waals surface area contributed by atoms with Gasteiger partial charge < -0.3 is 10.6 Å². The molecule has 4 nitrogen and oxygen atoms in total. The van der Waals surface area contributed by atoms with E-state index in [0.29, 0.717) is 13.1 Å². The summed E-state index contributed by atoms with van der Waals surface area (Å²) < 4.78 is 0. The average molecular weight is 127 g/mol. The molecule has 0 aromatic rings. The first kappa shape index (κ1) is 6.07. The van der Waals surface area contributed by atoms with Gasteiger partial charge in [-0.1, -0.05) is 0 Å². The SMILES string of the molecule is CN=C1CNC(=O)CN1. The Kier molecular flexibility index (Phi) is 1.67. The third-order valence-electron chi connectivity index (χ3n) is 1.18. The van der Waals surface area contributed by atoms with Gasteiger partial charge >= 0.3 is 0 Å². The second kappa shape index (κ2) is 2.48. The maximum Gasteiger partial charge on any atom is 0.239 e. The third kappa shape index (κ3) is 1.42. The molecule has 1 rings (SSSR count). The second-order valence-electron chi connectivity index (χ2n) is 1.80. The van der Waals surface area contributed by atoms with Gasteiger partial charge in [0.15, 0.2) is 0 Å². The Bertz CT molecular complexity index is 140. The van der Waals surface area contributed by atoms with Crippen molar-refractivity contribution in [3.63, 3.8) is 0 Å². The van der Waals surface area contributed by atoms with Crippen LogP contribution in [0.1, 0.15) is 0 Å². The van der Waals surface area contributed by atoms with E-state index < -0.39 is 0 Å². The van der Waals surface area contributed by atoms with Crippen molar-refractivity contribution < 1.29 is 4.79 Å². The van der Waals surface area contributed by atoms with Gasteiger partial charge in [0.1, 0.15) is 5.84 Å². The number of carbonyl (C=O) groups is 1. The lowest BCUT2D eigenvalue weighted by atomic mass is 10.4. The maximum atomic E-state index is 10.5. The van der Waals surface area contributed by atoms with E-state index >= 15 is 0 Å². The normalized spacial score (nSPS) is 23.2. The molecule has 9 heavy (non-hydrogen) atoms. The minimum Gasteiger partial charge on any atom is -0.363 e. The van der Waals surface area contributed by atoms with E-state index in [-0.39, 0.29) is 5.91 Å². The average Bonchev–Trinajstić information content (AvgIpc) is 1.90. The summed E-state index contributed by atoms with van der Waals surface area (Å²) in [5, 5.41) is 5.51. The van der Waals surface area contributed by atoms with Crippen molar-refractivity contribution in [2.24, 2.45) is 4.99 Å². The molecule has 0 aromatic heterocycles. The number of hydrogen-bond acceptors (Lipinski definition) is 2. The van der Waals surface area contributed by atoms with E-state index in [0.717, 1.165) is 5.84 Å². The van der Waals surface area contributed by atoms with Gasteiger partial charge in [0.2, 0.25) is 5.91 Å². The predicted molar refractivity (Wildman–Crippen MR) is 34.4 cm³/mol. The Hall–Kier alpha value is -1.06. The standard InChI is InChI=1S/C5H9N3O/c1-6-4-2-8-5(9)3-7-4/h2-3H2,1H3,(H,6,7)(H,8,9). The molecule has 0 bridgehead atoms. The van der Waals surface area contributed by atoms with Gasteiger partial charge in [-0.05, 0) is 0 Å². The van der Waals surface area contributed by atoms with Gasteiger partial charge in [0, 0.05) is 7.05 Å². The van der Waals surface area contributed by atoms with E-state index in [1.807, 2.05) is 0 Å². The summed E-state index contributed by atoms with van der Waals surface area (Å²) in [5.74, 6) is 0.872. The number of rotatable bonds is 0. The Balaban J connectivity index is 2.44. The summed E-state index contributed by atoms with van der Waals surface area (Å²) in [6.07, 6.45) is 0. The molecule has 0 aliphatic carbocycles. The number of carbonyl (C=O) groups excluding carboxylic acids is 1. The molecule has 0 unspecified atom stereocenters. The molecule has 1 heterocycles. The fourth-order valence-corrected chi connectivity index (χ4v) is 0.648. The fraction of sp³-hybridized carbons (Fsp3) is 0.600. The van der Waals surface area contributed by atoms with Gasteiger partial charge in [-0.2, -0.15) is 0 Å². The molecule has 2 N–H and O–H groups in total. The van der Waals surface area contributed by atoms with Gasteiger partial charge in [0.05, 0.1) is 13.1 Å². The highest BCUT2D eigenvalue weighted by Crippen LogP contribution is 1.77. The van der Waals surface area contributed by atoms with Gasteiger partial charge in [-0.25, -0.2) is 0 Å². The topological polar surface area (TPSA) is 53.5 Å². The van der Waals surface area contributed by atoms with Crippen LogP contribution in [0.15, 0.2) is 4.99 Å². The van der Waals surface area contributed by atoms with Crippen LogP contribution in [0.4, 0.5) is 0 Å². The minimum absolute atomic E-state index is 0.0300. The Morgan fingerprint density at radius 3 is 2.67 bits per heavy atom. The molecule has 1 aliphatic rings. The summed E-state index contributed by atoms with van der Waals surface area (Å²) in [6, 6.07) is 0. The minimum atomic E-state index is 0.0300. The van der Waals surface area contributed by atoms with E-state index in [4.69, 9.17) is 0 Å². The summed E-state index contributed by atoms with van der Waals surface area (Å²) in [7, 11) is 1.69. The monoisotopic (exact) mass is 127 g/mol. The van der Waals surface area contributed by atoms with Crippen LogP contribution in [0.5, 0.6) is 0 Å². The molecule has 1 aliphatic heterocycles. The first-order chi connectivity index (χ1) is 4.33. The van der Waals surface area contributed by atoms with Crippen LogP contribution in [0.2, 0.25) is 0 Å². The molecule has 1 fully saturated rings. The van der Waals surface area contributed by atoms with Crippen LogP contribution >= 0.6 is 0 Å². The van der Waals surface area contributed by atoms with E-state index in [2.05, 4.69) is 15.6 Å². The molecule has 4 heteroatoms. The van der Waals surface area contributed by atoms with Gasteiger partial charge in [0.25, 0.3) is 0 Å². The lowest BCUT2D eigenvalue weighted by Crippen LogP contribution is -2.48. The van der Waals surface area contributed by atoms with Crippen molar-refractivity contribution in [3.8, 4) is 0 Å². The highest BCUT2D eigenvalue weighted by molar-refractivity contribution is 5.95. The molecule has 0 spiro atoms. The Labute approximate surface area is 53.3 Å². The van der Waals surface area contributed by atoms with E-state index in [1.165, 1.54) is 0 Å². The predicted octanol–water partition coefficient (Wildman–Crippen LogP) is -1.27. The molecule has 1 saturated heterocycles. The van der Waals surface area contributed by atoms with Crippen LogP contribution in [-0.2, 0) is 4.79 Å². The van der Waals surface area contributed by atoms with Crippen LogP contribution in [0, 0.1) is 0 Å². The largest absolute Gasteiger partial charge is 0.363 e. The molecule has 50 valence electrons. The van der Waals surface area contributed by atoms with Crippen LogP contribution in [0.25, 0.3) is 0 Å². The van der Waals surface area contributed by atoms with Crippen molar-refractivity contribution in [1.29, 1.82) is 0 Å². The van der Waals surface area contributed by atoms with Gasteiger partial charge in [-0.3, -0.25) is 9.79 Å². The summed E-state index contributed by atoms with van der Waals surface area (Å²) in [4.78, 5) is 14.4. The summed E-state index contributed by atoms with van der Waals surface area (Å²) in [6.45, 7) is 0.891. The molecular formula is C5H9N3O. The Morgan fingerprint density at radius 2 is 2.22 bits per heavy atom. The lowest BCUT2D eigenvalue weighted by molar-refractivity contribution is -0.120. The zero-order valence-electron chi connectivity index (χ0n) is 5.27. The molecule has 0 aromatic carbocycles. The number of amides is 1. The number of nitrogens with one attached hydrogen (secondary N) is 2. The number of nitrogens with zero attached hydrogens (tertiary/aromatic N) is 1. The van der Waals surface area contributed by atoms with Crippen LogP contribution in [-0.4, -0.2) is 31.9 Å². The van der Waals surface area contributed by atoms with Crippen molar-refractivity contribution in [2.45, 2.75) is 0 Å². The summed E-state index contributed by atoms with van der Waals surface area (Å²) in [5.41, 5.74) is 0. The smallest absolute Gasteiger partial charge is 0.239 e. The maximum absolute atomic E-state index is 10.5. The first-order valence-electron chi connectivity index (χ1n) is 2.79. The highest BCUT2D eigenvalue weighted by Gasteiger charge is 2.09. The molecule has 0 saturated carbocycles. The quantitative estimate of drug-likeness (QED) is 0.426. The number of amidine groups is 1. The van der Waals surface area contributed by atoms with Crippen molar-refractivity contribution in [3.05, 3.63) is 0 Å². The summed E-state index contributed by atoms with van der Waals surface area (Å²) >= 11 is 0. The van der Waals surface area contributed by atoms with Crippen molar-refractivity contribution in [2.75, 3.05) is 20.1 Å². The van der Waals surface area contributed by atoms with E-state index in [1.54, 1.807) is 7.05 Å². The molecule has 0 atom stereocenters. The molecule has 0 radical (unpaired) electrons. The third-order valence-corrected chi connectivity index (χ3v) is 1.18. The number of aliphatic imine (C=N–C) groups is 1.